The second-order valence-electron chi connectivity index (χ2n) is 10.1. The molecule has 0 aliphatic carbocycles. The molecule has 6 heteroatoms. The van der Waals surface area contributed by atoms with E-state index >= 15 is 0 Å². The molecule has 1 atom stereocenters. The summed E-state index contributed by atoms with van der Waals surface area (Å²) < 4.78 is 19.5. The van der Waals surface area contributed by atoms with Gasteiger partial charge in [0.25, 0.3) is 5.91 Å². The molecule has 1 heterocycles. The van der Waals surface area contributed by atoms with E-state index in [9.17, 15) is 19.1 Å². The highest BCUT2D eigenvalue weighted by atomic mass is 19.1. The fraction of sp³-hybridized carbons (Fsp3) is 0.333. The molecular formula is C30H32FNO4. The number of carboxylic acid groups (broad SMARTS) is 1. The lowest BCUT2D eigenvalue weighted by atomic mass is 9.90. The summed E-state index contributed by atoms with van der Waals surface area (Å²) in [6.07, 6.45) is 1.83. The standard InChI is InChI=1S/C30H32FNO4/c1-20(2)23-8-4-22(5-9-23)17-30(3)18-25-16-24(10-13-27(25)36-30)29(35)32(19-28(33)34)15-14-21-6-11-26(31)12-7-21/h4-13,16,20H,14-15,17-19H2,1-3H3,(H,33,34)/t30-/m0/s1. The van der Waals surface area contributed by atoms with Crippen molar-refractivity contribution in [2.24, 2.45) is 0 Å². The first-order valence-electron chi connectivity index (χ1n) is 12.3. The zero-order valence-corrected chi connectivity index (χ0v) is 21.0. The Hall–Kier alpha value is -3.67. The number of aliphatic carboxylic acids is 1. The van der Waals surface area contributed by atoms with E-state index < -0.39 is 18.1 Å². The van der Waals surface area contributed by atoms with Gasteiger partial charge in [-0.05, 0) is 71.8 Å². The van der Waals surface area contributed by atoms with Gasteiger partial charge in [0.1, 0.15) is 23.7 Å². The molecule has 1 amide bonds. The number of carboxylic acids is 1. The van der Waals surface area contributed by atoms with Crippen LogP contribution in [0.15, 0.2) is 66.7 Å². The minimum atomic E-state index is -1.08. The molecule has 1 aliphatic rings. The van der Waals surface area contributed by atoms with Crippen molar-refractivity contribution in [3.63, 3.8) is 0 Å². The van der Waals surface area contributed by atoms with Crippen LogP contribution in [0.1, 0.15) is 59.3 Å². The minimum absolute atomic E-state index is 0.217. The largest absolute Gasteiger partial charge is 0.487 e. The fourth-order valence-corrected chi connectivity index (χ4v) is 4.72. The van der Waals surface area contributed by atoms with Crippen LogP contribution < -0.4 is 4.74 Å². The lowest BCUT2D eigenvalue weighted by Crippen LogP contribution is -2.37. The maximum Gasteiger partial charge on any atom is 0.323 e. The Kier molecular flexibility index (Phi) is 7.43. The topological polar surface area (TPSA) is 66.8 Å². The van der Waals surface area contributed by atoms with E-state index in [-0.39, 0.29) is 18.3 Å². The summed E-state index contributed by atoms with van der Waals surface area (Å²) in [5.74, 6) is -0.529. The summed E-state index contributed by atoms with van der Waals surface area (Å²) in [4.78, 5) is 26.0. The number of carbonyl (C=O) groups is 2. The molecule has 3 aromatic carbocycles. The number of carbonyl (C=O) groups excluding carboxylic acids is 1. The van der Waals surface area contributed by atoms with Crippen molar-refractivity contribution in [1.29, 1.82) is 0 Å². The van der Waals surface area contributed by atoms with E-state index in [4.69, 9.17) is 4.74 Å². The van der Waals surface area contributed by atoms with Gasteiger partial charge in [-0.1, -0.05) is 50.2 Å². The molecule has 1 aliphatic heterocycles. The summed E-state index contributed by atoms with van der Waals surface area (Å²) in [6.45, 7) is 6.23. The number of halogens is 1. The van der Waals surface area contributed by atoms with Gasteiger partial charge in [-0.2, -0.15) is 0 Å². The number of ether oxygens (including phenoxy) is 1. The molecule has 0 saturated carbocycles. The molecule has 5 nitrogen and oxygen atoms in total. The number of fused-ring (bicyclic) bond motifs is 1. The van der Waals surface area contributed by atoms with Crippen molar-refractivity contribution < 1.29 is 23.8 Å². The number of nitrogens with zero attached hydrogens (tertiary/aromatic N) is 1. The molecular weight excluding hydrogens is 457 g/mol. The van der Waals surface area contributed by atoms with Gasteiger partial charge in [-0.25, -0.2) is 4.39 Å². The van der Waals surface area contributed by atoms with Crippen molar-refractivity contribution in [1.82, 2.24) is 4.90 Å². The molecule has 3 aromatic rings. The van der Waals surface area contributed by atoms with E-state index in [0.717, 1.165) is 23.3 Å². The number of hydrogen-bond acceptors (Lipinski definition) is 3. The van der Waals surface area contributed by atoms with Gasteiger partial charge in [-0.3, -0.25) is 9.59 Å². The average Bonchev–Trinajstić information content (AvgIpc) is 3.17. The van der Waals surface area contributed by atoms with E-state index in [1.54, 1.807) is 24.3 Å². The Morgan fingerprint density at radius 2 is 1.69 bits per heavy atom. The third-order valence-electron chi connectivity index (χ3n) is 6.65. The second-order valence-corrected chi connectivity index (χ2v) is 10.1. The predicted octanol–water partition coefficient (Wildman–Crippen LogP) is 5.65. The molecule has 36 heavy (non-hydrogen) atoms. The molecule has 0 spiro atoms. The maximum atomic E-state index is 13.3. The van der Waals surface area contributed by atoms with Crippen LogP contribution in [0.3, 0.4) is 0 Å². The third-order valence-corrected chi connectivity index (χ3v) is 6.65. The molecule has 0 fully saturated rings. The Labute approximate surface area is 211 Å². The Bertz CT molecular complexity index is 1240. The highest BCUT2D eigenvalue weighted by Crippen LogP contribution is 2.37. The first-order valence-corrected chi connectivity index (χ1v) is 12.3. The highest BCUT2D eigenvalue weighted by molar-refractivity contribution is 5.96. The van der Waals surface area contributed by atoms with Crippen molar-refractivity contribution in [3.05, 3.63) is 100 Å². The van der Waals surface area contributed by atoms with Crippen LogP contribution in [0.25, 0.3) is 0 Å². The summed E-state index contributed by atoms with van der Waals surface area (Å²) in [7, 11) is 0. The molecule has 0 bridgehead atoms. The van der Waals surface area contributed by atoms with E-state index in [1.807, 2.05) is 6.07 Å². The van der Waals surface area contributed by atoms with Crippen LogP contribution >= 0.6 is 0 Å². The zero-order chi connectivity index (χ0) is 25.9. The SMILES string of the molecule is CC(C)c1ccc(C[C@@]2(C)Cc3cc(C(=O)N(CCc4ccc(F)cc4)CC(=O)O)ccc3O2)cc1. The van der Waals surface area contributed by atoms with E-state index in [2.05, 4.69) is 45.0 Å². The quantitative estimate of drug-likeness (QED) is 0.422. The predicted molar refractivity (Wildman–Crippen MR) is 137 cm³/mol. The number of amides is 1. The minimum Gasteiger partial charge on any atom is -0.487 e. The third kappa shape index (κ3) is 6.11. The van der Waals surface area contributed by atoms with Crippen LogP contribution in [0.5, 0.6) is 5.75 Å². The van der Waals surface area contributed by atoms with Crippen molar-refractivity contribution >= 4 is 11.9 Å². The lowest BCUT2D eigenvalue weighted by Gasteiger charge is -2.24. The summed E-state index contributed by atoms with van der Waals surface area (Å²) in [6, 6.07) is 19.9. The first-order chi connectivity index (χ1) is 17.1. The maximum absolute atomic E-state index is 13.3. The fourth-order valence-electron chi connectivity index (χ4n) is 4.72. The van der Waals surface area contributed by atoms with Crippen LogP contribution in [0.4, 0.5) is 4.39 Å². The van der Waals surface area contributed by atoms with Crippen molar-refractivity contribution in [2.75, 3.05) is 13.1 Å². The molecule has 4 rings (SSSR count). The van der Waals surface area contributed by atoms with Crippen molar-refractivity contribution in [2.45, 2.75) is 51.6 Å². The molecule has 1 N–H and O–H groups in total. The van der Waals surface area contributed by atoms with Gasteiger partial charge in [0.2, 0.25) is 0 Å². The molecule has 0 unspecified atom stereocenters. The Balaban J connectivity index is 1.46. The van der Waals surface area contributed by atoms with Crippen LogP contribution in [-0.4, -0.2) is 40.6 Å². The zero-order valence-electron chi connectivity index (χ0n) is 21.0. The lowest BCUT2D eigenvalue weighted by molar-refractivity contribution is -0.137. The van der Waals surface area contributed by atoms with E-state index in [0.29, 0.717) is 24.3 Å². The normalized spacial score (nSPS) is 16.5. The number of benzene rings is 3. The monoisotopic (exact) mass is 489 g/mol. The smallest absolute Gasteiger partial charge is 0.323 e. The van der Waals surface area contributed by atoms with Gasteiger partial charge in [0, 0.05) is 24.9 Å². The summed E-state index contributed by atoms with van der Waals surface area (Å²) in [5.41, 5.74) is 4.28. The number of hydrogen-bond donors (Lipinski definition) is 1. The highest BCUT2D eigenvalue weighted by Gasteiger charge is 2.35. The second kappa shape index (κ2) is 10.5. The molecule has 0 saturated heterocycles. The van der Waals surface area contributed by atoms with Gasteiger partial charge < -0.3 is 14.7 Å². The number of rotatable bonds is 9. The molecule has 188 valence electrons. The first kappa shape index (κ1) is 25.4. The molecule has 0 radical (unpaired) electrons. The van der Waals surface area contributed by atoms with E-state index in [1.165, 1.54) is 28.2 Å². The molecule has 0 aromatic heterocycles. The van der Waals surface area contributed by atoms with Gasteiger partial charge in [-0.15, -0.1) is 0 Å². The average molecular weight is 490 g/mol. The Morgan fingerprint density at radius 3 is 2.33 bits per heavy atom. The van der Waals surface area contributed by atoms with Gasteiger partial charge >= 0.3 is 5.97 Å². The summed E-state index contributed by atoms with van der Waals surface area (Å²) in [5, 5.41) is 9.36. The van der Waals surface area contributed by atoms with Crippen LogP contribution in [-0.2, 0) is 24.1 Å². The summed E-state index contributed by atoms with van der Waals surface area (Å²) >= 11 is 0. The van der Waals surface area contributed by atoms with Crippen LogP contribution in [0.2, 0.25) is 0 Å². The Morgan fingerprint density at radius 1 is 1.03 bits per heavy atom. The van der Waals surface area contributed by atoms with Gasteiger partial charge in [0.15, 0.2) is 0 Å². The van der Waals surface area contributed by atoms with Crippen molar-refractivity contribution in [3.8, 4) is 5.75 Å². The van der Waals surface area contributed by atoms with Crippen LogP contribution in [0, 0.1) is 5.82 Å². The van der Waals surface area contributed by atoms with Gasteiger partial charge in [0.05, 0.1) is 0 Å².